The van der Waals surface area contributed by atoms with Crippen molar-refractivity contribution in [2.75, 3.05) is 13.1 Å². The molecule has 4 nitrogen and oxygen atoms in total. The van der Waals surface area contributed by atoms with Crippen LogP contribution in [0.3, 0.4) is 0 Å². The number of rotatable bonds is 4. The summed E-state index contributed by atoms with van der Waals surface area (Å²) < 4.78 is 0. The van der Waals surface area contributed by atoms with Crippen molar-refractivity contribution in [3.05, 3.63) is 64.9 Å². The second kappa shape index (κ2) is 9.76. The fraction of sp³-hybridized carbons (Fsp3) is 0.368. The van der Waals surface area contributed by atoms with Gasteiger partial charge in [0, 0.05) is 22.8 Å². The van der Waals surface area contributed by atoms with E-state index in [0.717, 1.165) is 38.0 Å². The molecule has 1 aromatic carbocycles. The number of nitrogens with zero attached hydrogens (tertiary/aromatic N) is 2. The van der Waals surface area contributed by atoms with Crippen LogP contribution in [0.2, 0.25) is 5.02 Å². The number of benzene rings is 1. The number of hydrogen-bond acceptors (Lipinski definition) is 3. The van der Waals surface area contributed by atoms with Crippen molar-refractivity contribution in [3.8, 4) is 0 Å². The molecule has 0 radical (unpaired) electrons. The number of aromatic nitrogens is 1. The molecule has 1 aliphatic heterocycles. The zero-order valence-electron chi connectivity index (χ0n) is 14.0. The fourth-order valence-electron chi connectivity index (χ4n) is 3.10. The zero-order chi connectivity index (χ0) is 16.8. The van der Waals surface area contributed by atoms with Crippen LogP contribution in [0, 0.1) is 0 Å². The first-order valence-corrected chi connectivity index (χ1v) is 8.79. The summed E-state index contributed by atoms with van der Waals surface area (Å²) in [4.78, 5) is 19.5. The minimum atomic E-state index is 0. The number of pyridine rings is 1. The Morgan fingerprint density at radius 1 is 1.16 bits per heavy atom. The largest absolute Gasteiger partial charge is 0.330 e. The van der Waals surface area contributed by atoms with Gasteiger partial charge in [-0.05, 0) is 68.8 Å². The summed E-state index contributed by atoms with van der Waals surface area (Å²) in [5.74, 6) is 0.0456. The summed E-state index contributed by atoms with van der Waals surface area (Å²) >= 11 is 5.95. The molecule has 1 saturated heterocycles. The molecule has 1 atom stereocenters. The maximum absolute atomic E-state index is 13.1. The summed E-state index contributed by atoms with van der Waals surface area (Å²) in [6, 6.07) is 13.2. The van der Waals surface area contributed by atoms with Crippen molar-refractivity contribution >= 4 is 29.9 Å². The Morgan fingerprint density at radius 2 is 1.96 bits per heavy atom. The van der Waals surface area contributed by atoms with E-state index in [1.54, 1.807) is 30.5 Å². The van der Waals surface area contributed by atoms with Crippen LogP contribution in [-0.4, -0.2) is 34.9 Å². The average molecular weight is 380 g/mol. The second-order valence-corrected chi connectivity index (χ2v) is 6.53. The molecule has 1 aromatic heterocycles. The van der Waals surface area contributed by atoms with Crippen LogP contribution in [0.25, 0.3) is 0 Å². The van der Waals surface area contributed by atoms with E-state index in [0.29, 0.717) is 17.1 Å². The normalized spacial score (nSPS) is 17.2. The molecule has 1 aliphatic rings. The summed E-state index contributed by atoms with van der Waals surface area (Å²) in [7, 11) is 0. The van der Waals surface area contributed by atoms with Gasteiger partial charge in [0.05, 0.1) is 12.2 Å². The predicted octanol–water partition coefficient (Wildman–Crippen LogP) is 3.94. The van der Waals surface area contributed by atoms with Crippen LogP contribution in [0.5, 0.6) is 0 Å². The van der Waals surface area contributed by atoms with Gasteiger partial charge in [0.25, 0.3) is 5.91 Å². The van der Waals surface area contributed by atoms with Gasteiger partial charge in [0.1, 0.15) is 0 Å². The molecule has 6 heteroatoms. The van der Waals surface area contributed by atoms with E-state index in [4.69, 9.17) is 11.6 Å². The highest BCUT2D eigenvalue weighted by Crippen LogP contribution is 2.20. The molecule has 0 bridgehead atoms. The van der Waals surface area contributed by atoms with Crippen molar-refractivity contribution < 1.29 is 4.79 Å². The van der Waals surface area contributed by atoms with Crippen molar-refractivity contribution in [1.29, 1.82) is 0 Å². The van der Waals surface area contributed by atoms with Crippen molar-refractivity contribution in [2.45, 2.75) is 31.8 Å². The first-order valence-electron chi connectivity index (χ1n) is 8.41. The molecule has 0 spiro atoms. The minimum Gasteiger partial charge on any atom is -0.330 e. The number of nitrogens with one attached hydrogen (secondary N) is 1. The van der Waals surface area contributed by atoms with Crippen molar-refractivity contribution in [1.82, 2.24) is 15.2 Å². The number of hydrogen-bond donors (Lipinski definition) is 1. The van der Waals surface area contributed by atoms with Crippen LogP contribution in [0.4, 0.5) is 0 Å². The highest BCUT2D eigenvalue weighted by molar-refractivity contribution is 6.30. The van der Waals surface area contributed by atoms with Crippen molar-refractivity contribution in [2.24, 2.45) is 0 Å². The fourth-order valence-corrected chi connectivity index (χ4v) is 3.23. The molecular formula is C19H23Cl2N3O. The van der Waals surface area contributed by atoms with Crippen LogP contribution in [0.15, 0.2) is 48.7 Å². The number of carbonyl (C=O) groups excluding carboxylic acids is 1. The summed E-state index contributed by atoms with van der Waals surface area (Å²) in [6.45, 7) is 2.49. The Hall–Kier alpha value is -1.62. The standard InChI is InChI=1S/C19H22ClN3O.ClH/c20-16-8-6-15(7-9-16)19(24)23(14-17-4-1-2-12-22-17)18-5-3-11-21-13-10-18;/h1-2,4,6-9,12,18,21H,3,5,10-11,13-14H2;1H. The molecule has 1 fully saturated rings. The molecule has 0 saturated carbocycles. The lowest BCUT2D eigenvalue weighted by atomic mass is 10.0. The Kier molecular flexibility index (Phi) is 7.69. The molecule has 2 aromatic rings. The van der Waals surface area contributed by atoms with E-state index in [9.17, 15) is 4.79 Å². The van der Waals surface area contributed by atoms with Gasteiger partial charge >= 0.3 is 0 Å². The predicted molar refractivity (Wildman–Crippen MR) is 103 cm³/mol. The molecule has 1 unspecified atom stereocenters. The lowest BCUT2D eigenvalue weighted by molar-refractivity contribution is 0.0642. The summed E-state index contributed by atoms with van der Waals surface area (Å²) in [6.07, 6.45) is 4.83. The molecular weight excluding hydrogens is 357 g/mol. The van der Waals surface area contributed by atoms with Crippen molar-refractivity contribution in [3.63, 3.8) is 0 Å². The number of carbonyl (C=O) groups is 1. The lowest BCUT2D eigenvalue weighted by Gasteiger charge is -2.31. The van der Waals surface area contributed by atoms with Gasteiger partial charge in [0.2, 0.25) is 0 Å². The maximum Gasteiger partial charge on any atom is 0.254 e. The number of halogens is 2. The van der Waals surface area contributed by atoms with Gasteiger partial charge in [-0.1, -0.05) is 17.7 Å². The topological polar surface area (TPSA) is 45.2 Å². The second-order valence-electron chi connectivity index (χ2n) is 6.10. The lowest BCUT2D eigenvalue weighted by Crippen LogP contribution is -2.40. The molecule has 1 amide bonds. The van der Waals surface area contributed by atoms with E-state index < -0.39 is 0 Å². The number of amides is 1. The highest BCUT2D eigenvalue weighted by Gasteiger charge is 2.26. The third-order valence-corrected chi connectivity index (χ3v) is 4.65. The molecule has 2 heterocycles. The van der Waals surface area contributed by atoms with Crippen LogP contribution >= 0.6 is 24.0 Å². The maximum atomic E-state index is 13.1. The van der Waals surface area contributed by atoms with E-state index >= 15 is 0 Å². The van der Waals surface area contributed by atoms with Gasteiger partial charge in [-0.2, -0.15) is 0 Å². The Balaban J connectivity index is 0.00000225. The van der Waals surface area contributed by atoms with Gasteiger partial charge in [-0.15, -0.1) is 12.4 Å². The summed E-state index contributed by atoms with van der Waals surface area (Å²) in [5.41, 5.74) is 1.59. The summed E-state index contributed by atoms with van der Waals surface area (Å²) in [5, 5.41) is 4.05. The Morgan fingerprint density at radius 3 is 2.68 bits per heavy atom. The highest BCUT2D eigenvalue weighted by atomic mass is 35.5. The Bertz CT molecular complexity index is 656. The average Bonchev–Trinajstić information content (AvgIpc) is 2.90. The first kappa shape index (κ1) is 19.7. The Labute approximate surface area is 160 Å². The van der Waals surface area contributed by atoms with Crippen LogP contribution < -0.4 is 5.32 Å². The third kappa shape index (κ3) is 5.43. The van der Waals surface area contributed by atoms with E-state index in [-0.39, 0.29) is 24.4 Å². The first-order chi connectivity index (χ1) is 11.7. The van der Waals surface area contributed by atoms with E-state index in [1.165, 1.54) is 0 Å². The van der Waals surface area contributed by atoms with Crippen LogP contribution in [-0.2, 0) is 6.54 Å². The van der Waals surface area contributed by atoms with Gasteiger partial charge in [0.15, 0.2) is 0 Å². The molecule has 25 heavy (non-hydrogen) atoms. The van der Waals surface area contributed by atoms with E-state index in [2.05, 4.69) is 10.3 Å². The van der Waals surface area contributed by atoms with Gasteiger partial charge in [-0.25, -0.2) is 0 Å². The molecule has 134 valence electrons. The quantitative estimate of drug-likeness (QED) is 0.874. The zero-order valence-corrected chi connectivity index (χ0v) is 15.6. The van der Waals surface area contributed by atoms with Gasteiger partial charge < -0.3 is 10.2 Å². The smallest absolute Gasteiger partial charge is 0.254 e. The molecule has 3 rings (SSSR count). The minimum absolute atomic E-state index is 0. The molecule has 0 aliphatic carbocycles. The van der Waals surface area contributed by atoms with E-state index in [1.807, 2.05) is 23.1 Å². The third-order valence-electron chi connectivity index (χ3n) is 4.40. The van der Waals surface area contributed by atoms with Crippen LogP contribution in [0.1, 0.15) is 35.3 Å². The monoisotopic (exact) mass is 379 g/mol. The van der Waals surface area contributed by atoms with Gasteiger partial charge in [-0.3, -0.25) is 9.78 Å². The SMILES string of the molecule is Cl.O=C(c1ccc(Cl)cc1)N(Cc1ccccn1)C1CCCNCC1. The molecule has 1 N–H and O–H groups in total.